The molecule has 0 saturated heterocycles. The topological polar surface area (TPSA) is 34.6 Å². The standard InChI is InChI=1S/C26H19BrF4N2O2/c27-22-12-11-20(13-23(22)28)35-33(15-16-5-9-19(10-6-16)34-26(29,30)31)25-24(17-7-8-17)21-4-2-1-3-18(21)14-32-25/h1-6,9-14,17H,7-8,15H2. The molecule has 0 atom stereocenters. The van der Waals surface area contributed by atoms with Crippen molar-refractivity contribution < 1.29 is 27.1 Å². The molecule has 0 radical (unpaired) electrons. The number of halogens is 5. The molecule has 0 unspecified atom stereocenters. The van der Waals surface area contributed by atoms with Crippen LogP contribution in [-0.4, -0.2) is 11.3 Å². The summed E-state index contributed by atoms with van der Waals surface area (Å²) in [6.45, 7) is 0.162. The van der Waals surface area contributed by atoms with E-state index in [1.54, 1.807) is 23.4 Å². The van der Waals surface area contributed by atoms with E-state index in [9.17, 15) is 17.6 Å². The van der Waals surface area contributed by atoms with Gasteiger partial charge in [-0.3, -0.25) is 0 Å². The number of hydrogen-bond donors (Lipinski definition) is 0. The molecule has 1 aliphatic carbocycles. The van der Waals surface area contributed by atoms with Crippen LogP contribution in [0.4, 0.5) is 23.4 Å². The van der Waals surface area contributed by atoms with Crippen LogP contribution in [0, 0.1) is 5.82 Å². The number of alkyl halides is 3. The number of fused-ring (bicyclic) bond motifs is 1. The zero-order valence-electron chi connectivity index (χ0n) is 18.2. The van der Waals surface area contributed by atoms with Gasteiger partial charge in [-0.25, -0.2) is 9.37 Å². The smallest absolute Gasteiger partial charge is 0.406 e. The van der Waals surface area contributed by atoms with Crippen molar-refractivity contribution in [1.29, 1.82) is 0 Å². The summed E-state index contributed by atoms with van der Waals surface area (Å²) in [5.41, 5.74) is 1.70. The lowest BCUT2D eigenvalue weighted by molar-refractivity contribution is -0.274. The van der Waals surface area contributed by atoms with E-state index in [1.807, 2.05) is 24.3 Å². The summed E-state index contributed by atoms with van der Waals surface area (Å²) in [6.07, 6.45) is -0.967. The number of hydrogen-bond acceptors (Lipinski definition) is 4. The first-order valence-corrected chi connectivity index (χ1v) is 11.7. The minimum atomic E-state index is -4.77. The molecule has 0 amide bonds. The number of benzene rings is 3. The number of hydroxylamine groups is 1. The molecule has 180 valence electrons. The summed E-state index contributed by atoms with van der Waals surface area (Å²) in [5, 5.41) is 3.62. The van der Waals surface area contributed by atoms with Crippen molar-refractivity contribution in [2.75, 3.05) is 5.06 Å². The van der Waals surface area contributed by atoms with Crippen molar-refractivity contribution in [1.82, 2.24) is 4.98 Å². The molecule has 35 heavy (non-hydrogen) atoms. The van der Waals surface area contributed by atoms with Gasteiger partial charge in [-0.15, -0.1) is 13.2 Å². The van der Waals surface area contributed by atoms with Crippen molar-refractivity contribution in [3.8, 4) is 11.5 Å². The largest absolute Gasteiger partial charge is 0.573 e. The quantitative estimate of drug-likeness (QED) is 0.174. The summed E-state index contributed by atoms with van der Waals surface area (Å²) >= 11 is 3.14. The molecule has 3 aromatic carbocycles. The summed E-state index contributed by atoms with van der Waals surface area (Å²) in [7, 11) is 0. The Hall–Kier alpha value is -3.33. The van der Waals surface area contributed by atoms with Crippen LogP contribution >= 0.6 is 15.9 Å². The summed E-state index contributed by atoms with van der Waals surface area (Å²) < 4.78 is 56.1. The second kappa shape index (κ2) is 9.37. The number of anilines is 1. The predicted octanol–water partition coefficient (Wildman–Crippen LogP) is 7.91. The molecule has 1 fully saturated rings. The lowest BCUT2D eigenvalue weighted by Gasteiger charge is -2.26. The SMILES string of the molecule is Fc1cc(ON(Cc2ccc(OC(F)(F)F)cc2)c2ncc3ccccc3c2C2CC2)ccc1Br. The van der Waals surface area contributed by atoms with Gasteiger partial charge in [0.15, 0.2) is 11.6 Å². The van der Waals surface area contributed by atoms with Crippen molar-refractivity contribution in [2.24, 2.45) is 0 Å². The van der Waals surface area contributed by atoms with Crippen molar-refractivity contribution in [2.45, 2.75) is 31.7 Å². The Balaban J connectivity index is 1.53. The molecular formula is C26H19BrF4N2O2. The van der Waals surface area contributed by atoms with E-state index in [0.29, 0.717) is 21.8 Å². The first-order chi connectivity index (χ1) is 16.8. The van der Waals surface area contributed by atoms with E-state index in [2.05, 4.69) is 20.7 Å². The molecule has 1 aliphatic rings. The van der Waals surface area contributed by atoms with E-state index >= 15 is 0 Å². The van der Waals surface area contributed by atoms with Crippen molar-refractivity contribution >= 4 is 32.5 Å². The van der Waals surface area contributed by atoms with Crippen LogP contribution in [0.1, 0.15) is 29.9 Å². The number of nitrogens with zero attached hydrogens (tertiary/aromatic N) is 2. The second-order valence-corrected chi connectivity index (χ2v) is 9.11. The third-order valence-corrected chi connectivity index (χ3v) is 6.27. The molecule has 9 heteroatoms. The molecule has 0 spiro atoms. The average Bonchev–Trinajstić information content (AvgIpc) is 3.66. The second-order valence-electron chi connectivity index (χ2n) is 8.25. The van der Waals surface area contributed by atoms with Crippen LogP contribution in [-0.2, 0) is 6.54 Å². The Morgan fingerprint density at radius 3 is 2.37 bits per heavy atom. The summed E-state index contributed by atoms with van der Waals surface area (Å²) in [6, 6.07) is 17.9. The summed E-state index contributed by atoms with van der Waals surface area (Å²) in [4.78, 5) is 10.8. The summed E-state index contributed by atoms with van der Waals surface area (Å²) in [5.74, 6) is 0.375. The van der Waals surface area contributed by atoms with Crippen LogP contribution in [0.2, 0.25) is 0 Å². The third-order valence-electron chi connectivity index (χ3n) is 5.63. The van der Waals surface area contributed by atoms with Gasteiger partial charge < -0.3 is 9.57 Å². The van der Waals surface area contributed by atoms with Crippen LogP contribution in [0.5, 0.6) is 11.5 Å². The van der Waals surface area contributed by atoms with E-state index in [4.69, 9.17) is 9.82 Å². The van der Waals surface area contributed by atoms with Crippen molar-refractivity contribution in [3.05, 3.63) is 94.3 Å². The maximum Gasteiger partial charge on any atom is 0.573 e. The molecule has 4 aromatic rings. The minimum absolute atomic E-state index is 0.162. The monoisotopic (exact) mass is 546 g/mol. The fourth-order valence-corrected chi connectivity index (χ4v) is 4.17. The van der Waals surface area contributed by atoms with Crippen molar-refractivity contribution in [3.63, 3.8) is 0 Å². The average molecular weight is 547 g/mol. The molecular weight excluding hydrogens is 528 g/mol. The first-order valence-electron chi connectivity index (χ1n) is 10.9. The lowest BCUT2D eigenvalue weighted by Crippen LogP contribution is -2.29. The fourth-order valence-electron chi connectivity index (χ4n) is 3.92. The molecule has 1 saturated carbocycles. The number of rotatable bonds is 7. The Kier molecular flexibility index (Phi) is 6.27. The Labute approximate surface area is 207 Å². The van der Waals surface area contributed by atoms with E-state index in [-0.39, 0.29) is 18.0 Å². The van der Waals surface area contributed by atoms with E-state index in [0.717, 1.165) is 29.2 Å². The maximum absolute atomic E-state index is 14.2. The van der Waals surface area contributed by atoms with Gasteiger partial charge in [-0.1, -0.05) is 36.4 Å². The molecule has 1 heterocycles. The lowest BCUT2D eigenvalue weighted by atomic mass is 10.0. The number of aromatic nitrogens is 1. The van der Waals surface area contributed by atoms with Gasteiger partial charge in [0.1, 0.15) is 11.6 Å². The van der Waals surface area contributed by atoms with Gasteiger partial charge in [0, 0.05) is 23.2 Å². The highest BCUT2D eigenvalue weighted by atomic mass is 79.9. The molecule has 0 aliphatic heterocycles. The Bertz CT molecular complexity index is 1360. The number of ether oxygens (including phenoxy) is 1. The molecule has 0 N–H and O–H groups in total. The van der Waals surface area contributed by atoms with Gasteiger partial charge in [0.25, 0.3) is 0 Å². The minimum Gasteiger partial charge on any atom is -0.406 e. The molecule has 1 aromatic heterocycles. The first kappa shape index (κ1) is 23.4. The van der Waals surface area contributed by atoms with Crippen LogP contribution in [0.3, 0.4) is 0 Å². The molecule has 0 bridgehead atoms. The highest BCUT2D eigenvalue weighted by molar-refractivity contribution is 9.10. The number of pyridine rings is 1. The highest BCUT2D eigenvalue weighted by Crippen LogP contribution is 2.47. The highest BCUT2D eigenvalue weighted by Gasteiger charge is 2.32. The Morgan fingerprint density at radius 2 is 1.69 bits per heavy atom. The third kappa shape index (κ3) is 5.51. The van der Waals surface area contributed by atoms with Crippen LogP contribution in [0.15, 0.2) is 77.4 Å². The maximum atomic E-state index is 14.2. The fraction of sp³-hybridized carbons (Fsp3) is 0.192. The van der Waals surface area contributed by atoms with E-state index in [1.165, 1.54) is 30.3 Å². The van der Waals surface area contributed by atoms with Gasteiger partial charge in [-0.05, 0) is 69.9 Å². The van der Waals surface area contributed by atoms with Crippen LogP contribution < -0.4 is 14.6 Å². The van der Waals surface area contributed by atoms with Gasteiger partial charge >= 0.3 is 6.36 Å². The zero-order chi connectivity index (χ0) is 24.6. The van der Waals surface area contributed by atoms with Gasteiger partial charge in [0.05, 0.1) is 11.0 Å². The van der Waals surface area contributed by atoms with Gasteiger partial charge in [-0.2, -0.15) is 5.06 Å². The van der Waals surface area contributed by atoms with Gasteiger partial charge in [0.2, 0.25) is 0 Å². The van der Waals surface area contributed by atoms with Crippen LogP contribution in [0.25, 0.3) is 10.8 Å². The predicted molar refractivity (Wildman–Crippen MR) is 128 cm³/mol. The Morgan fingerprint density at radius 1 is 0.971 bits per heavy atom. The normalized spacial score (nSPS) is 13.6. The zero-order valence-corrected chi connectivity index (χ0v) is 19.8. The molecule has 4 nitrogen and oxygen atoms in total. The molecule has 5 rings (SSSR count). The van der Waals surface area contributed by atoms with E-state index < -0.39 is 12.2 Å².